The molecule has 0 aromatic rings. The zero-order valence-electron chi connectivity index (χ0n) is 9.02. The minimum absolute atomic E-state index is 0.301. The first kappa shape index (κ1) is 12.8. The van der Waals surface area contributed by atoms with E-state index >= 15 is 0 Å². The van der Waals surface area contributed by atoms with Crippen molar-refractivity contribution in [1.29, 1.82) is 0 Å². The van der Waals surface area contributed by atoms with Gasteiger partial charge in [-0.15, -0.1) is 5.92 Å². The molecule has 0 bridgehead atoms. The van der Waals surface area contributed by atoms with Crippen molar-refractivity contribution in [3.05, 3.63) is 0 Å². The molecule has 4 nitrogen and oxygen atoms in total. The lowest BCUT2D eigenvalue weighted by molar-refractivity contribution is 0.0535. The summed E-state index contributed by atoms with van der Waals surface area (Å²) < 4.78 is 5.00. The quantitative estimate of drug-likeness (QED) is 0.647. The van der Waals surface area contributed by atoms with Gasteiger partial charge in [0.05, 0.1) is 6.54 Å². The molecule has 0 unspecified atom stereocenters. The molecule has 0 radical (unpaired) electrons. The minimum Gasteiger partial charge on any atom is -0.444 e. The molecule has 3 N–H and O–H groups in total. The van der Waals surface area contributed by atoms with Crippen LogP contribution in [0.5, 0.6) is 0 Å². The molecule has 0 aliphatic heterocycles. The van der Waals surface area contributed by atoms with Gasteiger partial charge in [0.25, 0.3) is 0 Å². The third-order valence-corrected chi connectivity index (χ3v) is 1.11. The van der Waals surface area contributed by atoms with Crippen LogP contribution in [0.4, 0.5) is 4.79 Å². The predicted octanol–water partition coefficient (Wildman–Crippen LogP) is 0.863. The van der Waals surface area contributed by atoms with Gasteiger partial charge in [0.15, 0.2) is 0 Å². The molecule has 1 amide bonds. The molecule has 0 spiro atoms. The molecule has 0 heterocycles. The van der Waals surface area contributed by atoms with Gasteiger partial charge in [-0.05, 0) is 20.8 Å². The number of rotatable bonds is 2. The number of ether oxygens (including phenoxy) is 1. The normalized spacial score (nSPS) is 10.0. The van der Waals surface area contributed by atoms with Crippen LogP contribution in [0.2, 0.25) is 0 Å². The summed E-state index contributed by atoms with van der Waals surface area (Å²) in [6, 6.07) is 0. The van der Waals surface area contributed by atoms with Gasteiger partial charge in [0.1, 0.15) is 5.60 Å². The van der Waals surface area contributed by atoms with Crippen LogP contribution in [0, 0.1) is 11.8 Å². The van der Waals surface area contributed by atoms with Crippen LogP contribution in [0.3, 0.4) is 0 Å². The van der Waals surface area contributed by atoms with E-state index in [-0.39, 0.29) is 0 Å². The highest BCUT2D eigenvalue weighted by molar-refractivity contribution is 5.67. The fourth-order valence-corrected chi connectivity index (χ4v) is 0.654. The average molecular weight is 198 g/mol. The van der Waals surface area contributed by atoms with E-state index in [0.717, 1.165) is 0 Å². The zero-order valence-corrected chi connectivity index (χ0v) is 9.02. The van der Waals surface area contributed by atoms with Gasteiger partial charge in [0, 0.05) is 13.0 Å². The second-order valence-electron chi connectivity index (χ2n) is 3.75. The Balaban J connectivity index is 3.62. The maximum atomic E-state index is 11.1. The molecule has 80 valence electrons. The van der Waals surface area contributed by atoms with Crippen molar-refractivity contribution in [3.8, 4) is 11.8 Å². The summed E-state index contributed by atoms with van der Waals surface area (Å²) in [6.45, 7) is 6.28. The number of alkyl carbamates (subject to hydrolysis) is 1. The van der Waals surface area contributed by atoms with Gasteiger partial charge >= 0.3 is 6.09 Å². The van der Waals surface area contributed by atoms with Crippen LogP contribution in [-0.2, 0) is 4.74 Å². The van der Waals surface area contributed by atoms with Crippen molar-refractivity contribution < 1.29 is 9.53 Å². The second-order valence-corrected chi connectivity index (χ2v) is 3.75. The highest BCUT2D eigenvalue weighted by Crippen LogP contribution is 2.05. The number of carbonyl (C=O) groups is 1. The van der Waals surface area contributed by atoms with Crippen molar-refractivity contribution in [2.24, 2.45) is 5.73 Å². The smallest absolute Gasteiger partial charge is 0.408 e. The van der Waals surface area contributed by atoms with Crippen molar-refractivity contribution >= 4 is 6.09 Å². The van der Waals surface area contributed by atoms with E-state index in [0.29, 0.717) is 19.5 Å². The van der Waals surface area contributed by atoms with Crippen LogP contribution in [0.1, 0.15) is 27.2 Å². The highest BCUT2D eigenvalue weighted by Gasteiger charge is 2.14. The number of nitrogens with one attached hydrogen (secondary N) is 1. The number of hydrogen-bond donors (Lipinski definition) is 2. The first-order valence-corrected chi connectivity index (χ1v) is 4.58. The Morgan fingerprint density at radius 3 is 2.57 bits per heavy atom. The third-order valence-electron chi connectivity index (χ3n) is 1.11. The Kier molecular flexibility index (Phi) is 5.73. The van der Waals surface area contributed by atoms with Crippen LogP contribution < -0.4 is 11.1 Å². The topological polar surface area (TPSA) is 64.3 Å². The molecule has 0 aliphatic rings. The van der Waals surface area contributed by atoms with Gasteiger partial charge in [-0.3, -0.25) is 0 Å². The van der Waals surface area contributed by atoms with Gasteiger partial charge < -0.3 is 15.8 Å². The van der Waals surface area contributed by atoms with Crippen LogP contribution >= 0.6 is 0 Å². The molecule has 0 saturated carbocycles. The SMILES string of the molecule is CC(C)(C)OC(=O)NCC#CCCN. The maximum absolute atomic E-state index is 11.1. The van der Waals surface area contributed by atoms with Crippen LogP contribution in [0.15, 0.2) is 0 Å². The van der Waals surface area contributed by atoms with Crippen LogP contribution in [-0.4, -0.2) is 24.8 Å². The van der Waals surface area contributed by atoms with E-state index < -0.39 is 11.7 Å². The van der Waals surface area contributed by atoms with E-state index in [4.69, 9.17) is 10.5 Å². The summed E-state index contributed by atoms with van der Waals surface area (Å²) in [7, 11) is 0. The number of amides is 1. The Bertz CT molecular complexity index is 233. The summed E-state index contributed by atoms with van der Waals surface area (Å²) in [5.41, 5.74) is 4.78. The summed E-state index contributed by atoms with van der Waals surface area (Å²) >= 11 is 0. The molecular formula is C10H18N2O2. The molecule has 0 aromatic carbocycles. The minimum atomic E-state index is -0.464. The molecule has 0 fully saturated rings. The lowest BCUT2D eigenvalue weighted by Gasteiger charge is -2.18. The Morgan fingerprint density at radius 1 is 1.43 bits per heavy atom. The van der Waals surface area contributed by atoms with Crippen molar-refractivity contribution in [3.63, 3.8) is 0 Å². The van der Waals surface area contributed by atoms with E-state index in [9.17, 15) is 4.79 Å². The Hall–Kier alpha value is -1.21. The fraction of sp³-hybridized carbons (Fsp3) is 0.700. The van der Waals surface area contributed by atoms with Crippen molar-refractivity contribution in [2.75, 3.05) is 13.1 Å². The Labute approximate surface area is 85.2 Å². The highest BCUT2D eigenvalue weighted by atomic mass is 16.6. The fourth-order valence-electron chi connectivity index (χ4n) is 0.654. The van der Waals surface area contributed by atoms with Gasteiger partial charge in [-0.1, -0.05) is 5.92 Å². The van der Waals surface area contributed by atoms with Gasteiger partial charge in [0.2, 0.25) is 0 Å². The molecule has 0 rings (SSSR count). The zero-order chi connectivity index (χ0) is 11.0. The van der Waals surface area contributed by atoms with Crippen molar-refractivity contribution in [1.82, 2.24) is 5.32 Å². The largest absolute Gasteiger partial charge is 0.444 e. The van der Waals surface area contributed by atoms with Crippen molar-refractivity contribution in [2.45, 2.75) is 32.8 Å². The van der Waals surface area contributed by atoms with E-state index in [1.807, 2.05) is 20.8 Å². The molecular weight excluding hydrogens is 180 g/mol. The van der Waals surface area contributed by atoms with Crippen LogP contribution in [0.25, 0.3) is 0 Å². The molecule has 0 saturated heterocycles. The maximum Gasteiger partial charge on any atom is 0.408 e. The van der Waals surface area contributed by atoms with E-state index in [2.05, 4.69) is 17.2 Å². The summed E-state index contributed by atoms with van der Waals surface area (Å²) in [5.74, 6) is 5.57. The third kappa shape index (κ3) is 8.88. The molecule has 14 heavy (non-hydrogen) atoms. The standard InChI is InChI=1S/C10H18N2O2/c1-10(2,3)14-9(13)12-8-6-4-5-7-11/h5,7-8,11H2,1-3H3,(H,12,13). The van der Waals surface area contributed by atoms with E-state index in [1.54, 1.807) is 0 Å². The lowest BCUT2D eigenvalue weighted by atomic mass is 10.2. The first-order chi connectivity index (χ1) is 6.45. The molecule has 0 aliphatic carbocycles. The number of hydrogen-bond acceptors (Lipinski definition) is 3. The summed E-state index contributed by atoms with van der Waals surface area (Å²) in [4.78, 5) is 11.1. The summed E-state index contributed by atoms with van der Waals surface area (Å²) in [6.07, 6.45) is 0.204. The Morgan fingerprint density at radius 2 is 2.07 bits per heavy atom. The first-order valence-electron chi connectivity index (χ1n) is 4.58. The monoisotopic (exact) mass is 198 g/mol. The number of carbonyl (C=O) groups excluding carboxylic acids is 1. The van der Waals surface area contributed by atoms with Gasteiger partial charge in [-0.2, -0.15) is 0 Å². The lowest BCUT2D eigenvalue weighted by Crippen LogP contribution is -2.32. The molecule has 4 heteroatoms. The second kappa shape index (κ2) is 6.28. The molecule has 0 aromatic heterocycles. The summed E-state index contributed by atoms with van der Waals surface area (Å²) in [5, 5.41) is 2.52. The number of nitrogens with two attached hydrogens (primary N) is 1. The average Bonchev–Trinajstić information content (AvgIpc) is 2.00. The molecule has 0 atom stereocenters. The predicted molar refractivity (Wildman–Crippen MR) is 55.7 cm³/mol. The van der Waals surface area contributed by atoms with Gasteiger partial charge in [-0.25, -0.2) is 4.79 Å². The van der Waals surface area contributed by atoms with E-state index in [1.165, 1.54) is 0 Å².